The van der Waals surface area contributed by atoms with Crippen molar-refractivity contribution < 1.29 is 13.2 Å². The van der Waals surface area contributed by atoms with E-state index in [9.17, 15) is 13.2 Å². The van der Waals surface area contributed by atoms with Crippen LogP contribution in [0.4, 0.5) is 5.82 Å². The van der Waals surface area contributed by atoms with Crippen LogP contribution in [0.5, 0.6) is 0 Å². The van der Waals surface area contributed by atoms with E-state index < -0.39 is 9.84 Å². The van der Waals surface area contributed by atoms with E-state index in [4.69, 9.17) is 5.73 Å². The number of anilines is 1. The maximum absolute atomic E-state index is 12.3. The zero-order valence-corrected chi connectivity index (χ0v) is 14.3. The van der Waals surface area contributed by atoms with Gasteiger partial charge >= 0.3 is 0 Å². The van der Waals surface area contributed by atoms with Gasteiger partial charge in [0.15, 0.2) is 15.0 Å². The second-order valence-corrected chi connectivity index (χ2v) is 8.41. The van der Waals surface area contributed by atoms with E-state index in [-0.39, 0.29) is 29.2 Å². The fourth-order valence-electron chi connectivity index (χ4n) is 2.50. The van der Waals surface area contributed by atoms with Crippen LogP contribution >= 0.6 is 11.8 Å². The van der Waals surface area contributed by atoms with E-state index in [1.165, 1.54) is 11.8 Å². The van der Waals surface area contributed by atoms with Crippen molar-refractivity contribution in [3.63, 3.8) is 0 Å². The van der Waals surface area contributed by atoms with Crippen LogP contribution in [0.15, 0.2) is 11.2 Å². The SMILES string of the molecule is CCN(C(=O)CSc1nc(C)cc(N)n1)[C@H]1CCS(=O)(=O)C1. The number of amides is 1. The standard InChI is InChI=1S/C13H20N4O3S2/c1-3-17(10-4-5-22(19,20)8-10)12(18)7-21-13-15-9(2)6-11(14)16-13/h6,10H,3-5,7-8H2,1-2H3,(H2,14,15,16)/t10-/m0/s1. The van der Waals surface area contributed by atoms with Crippen molar-refractivity contribution in [3.8, 4) is 0 Å². The molecule has 1 aromatic rings. The normalized spacial score (nSPS) is 20.0. The van der Waals surface area contributed by atoms with Crippen molar-refractivity contribution in [3.05, 3.63) is 11.8 Å². The van der Waals surface area contributed by atoms with Gasteiger partial charge in [0.25, 0.3) is 0 Å². The molecule has 1 fully saturated rings. The highest BCUT2D eigenvalue weighted by atomic mass is 32.2. The Morgan fingerprint density at radius 2 is 2.23 bits per heavy atom. The molecule has 0 saturated carbocycles. The first-order valence-electron chi connectivity index (χ1n) is 7.04. The van der Waals surface area contributed by atoms with E-state index >= 15 is 0 Å². The van der Waals surface area contributed by atoms with Crippen LogP contribution in [0, 0.1) is 6.92 Å². The third kappa shape index (κ3) is 4.33. The smallest absolute Gasteiger partial charge is 0.233 e. The van der Waals surface area contributed by atoms with Crippen LogP contribution in [0.3, 0.4) is 0 Å². The van der Waals surface area contributed by atoms with Crippen molar-refractivity contribution >= 4 is 33.3 Å². The molecular weight excluding hydrogens is 324 g/mol. The summed E-state index contributed by atoms with van der Waals surface area (Å²) in [5.74, 6) is 0.666. The average molecular weight is 344 g/mol. The van der Waals surface area contributed by atoms with Gasteiger partial charge in [0.1, 0.15) is 5.82 Å². The summed E-state index contributed by atoms with van der Waals surface area (Å²) in [4.78, 5) is 22.3. The molecule has 1 atom stereocenters. The molecule has 7 nitrogen and oxygen atoms in total. The van der Waals surface area contributed by atoms with Crippen LogP contribution in [0.25, 0.3) is 0 Å². The zero-order valence-electron chi connectivity index (χ0n) is 12.7. The first kappa shape index (κ1) is 17.0. The highest BCUT2D eigenvalue weighted by Gasteiger charge is 2.33. The molecule has 1 amide bonds. The lowest BCUT2D eigenvalue weighted by Crippen LogP contribution is -2.41. The number of sulfone groups is 1. The van der Waals surface area contributed by atoms with Crippen LogP contribution in [0.2, 0.25) is 0 Å². The molecule has 1 saturated heterocycles. The molecule has 1 aliphatic heterocycles. The number of aryl methyl sites for hydroxylation is 1. The maximum atomic E-state index is 12.3. The summed E-state index contributed by atoms with van der Waals surface area (Å²) in [6.07, 6.45) is 0.514. The third-order valence-electron chi connectivity index (χ3n) is 3.49. The van der Waals surface area contributed by atoms with Crippen molar-refractivity contribution in [1.29, 1.82) is 0 Å². The molecule has 122 valence electrons. The number of hydrogen-bond acceptors (Lipinski definition) is 7. The lowest BCUT2D eigenvalue weighted by molar-refractivity contribution is -0.129. The summed E-state index contributed by atoms with van der Waals surface area (Å²) in [6.45, 7) is 4.16. The van der Waals surface area contributed by atoms with E-state index in [1.807, 2.05) is 13.8 Å². The number of thioether (sulfide) groups is 1. The van der Waals surface area contributed by atoms with Gasteiger partial charge in [-0.1, -0.05) is 11.8 Å². The monoisotopic (exact) mass is 344 g/mol. The molecule has 0 spiro atoms. The van der Waals surface area contributed by atoms with E-state index in [0.717, 1.165) is 5.69 Å². The van der Waals surface area contributed by atoms with E-state index in [1.54, 1.807) is 11.0 Å². The maximum Gasteiger partial charge on any atom is 0.233 e. The molecule has 0 bridgehead atoms. The number of carbonyl (C=O) groups excluding carboxylic acids is 1. The molecule has 0 unspecified atom stereocenters. The molecule has 9 heteroatoms. The second-order valence-electron chi connectivity index (χ2n) is 5.24. The number of hydrogen-bond donors (Lipinski definition) is 1. The molecule has 22 heavy (non-hydrogen) atoms. The number of nitrogens with two attached hydrogens (primary N) is 1. The Bertz CT molecular complexity index is 643. The zero-order chi connectivity index (χ0) is 16.3. The highest BCUT2D eigenvalue weighted by Crippen LogP contribution is 2.20. The number of nitrogen functional groups attached to an aromatic ring is 1. The molecule has 2 heterocycles. The Hall–Kier alpha value is -1.35. The topological polar surface area (TPSA) is 106 Å². The molecule has 1 aromatic heterocycles. The van der Waals surface area contributed by atoms with Gasteiger partial charge in [0.2, 0.25) is 5.91 Å². The van der Waals surface area contributed by atoms with E-state index in [0.29, 0.717) is 23.9 Å². The number of carbonyl (C=O) groups is 1. The lowest BCUT2D eigenvalue weighted by atomic mass is 10.2. The Labute approximate surface area is 134 Å². The summed E-state index contributed by atoms with van der Waals surface area (Å²) >= 11 is 1.22. The number of nitrogens with zero attached hydrogens (tertiary/aromatic N) is 3. The highest BCUT2D eigenvalue weighted by molar-refractivity contribution is 7.99. The fourth-order valence-corrected chi connectivity index (χ4v) is 5.03. The second kappa shape index (κ2) is 6.82. The van der Waals surface area contributed by atoms with Crippen molar-refractivity contribution in [2.45, 2.75) is 31.5 Å². The Balaban J connectivity index is 1.98. The van der Waals surface area contributed by atoms with Gasteiger partial charge in [-0.3, -0.25) is 4.79 Å². The van der Waals surface area contributed by atoms with E-state index in [2.05, 4.69) is 9.97 Å². The summed E-state index contributed by atoms with van der Waals surface area (Å²) in [5, 5.41) is 0.459. The Morgan fingerprint density at radius 3 is 2.77 bits per heavy atom. The first-order valence-corrected chi connectivity index (χ1v) is 9.85. The summed E-state index contributed by atoms with van der Waals surface area (Å²) < 4.78 is 23.1. The predicted molar refractivity (Wildman–Crippen MR) is 86.4 cm³/mol. The minimum Gasteiger partial charge on any atom is -0.384 e. The number of rotatable bonds is 5. The van der Waals surface area contributed by atoms with Gasteiger partial charge in [-0.2, -0.15) is 0 Å². The molecular formula is C13H20N4O3S2. The van der Waals surface area contributed by atoms with Crippen LogP contribution < -0.4 is 5.73 Å². The largest absolute Gasteiger partial charge is 0.384 e. The molecule has 2 N–H and O–H groups in total. The molecule has 0 radical (unpaired) electrons. The van der Waals surface area contributed by atoms with Crippen LogP contribution in [-0.2, 0) is 14.6 Å². The van der Waals surface area contributed by atoms with Crippen molar-refractivity contribution in [2.75, 3.05) is 29.5 Å². The summed E-state index contributed by atoms with van der Waals surface area (Å²) in [5.41, 5.74) is 6.40. The Morgan fingerprint density at radius 1 is 1.50 bits per heavy atom. The lowest BCUT2D eigenvalue weighted by Gasteiger charge is -2.26. The van der Waals surface area contributed by atoms with Gasteiger partial charge in [0.05, 0.1) is 17.3 Å². The van der Waals surface area contributed by atoms with Gasteiger partial charge in [-0.15, -0.1) is 0 Å². The van der Waals surface area contributed by atoms with Gasteiger partial charge in [0, 0.05) is 24.3 Å². The van der Waals surface area contributed by atoms with Gasteiger partial charge < -0.3 is 10.6 Å². The molecule has 0 aliphatic carbocycles. The first-order chi connectivity index (χ1) is 10.3. The minimum atomic E-state index is -3.00. The molecule has 2 rings (SSSR count). The molecule has 1 aliphatic rings. The van der Waals surface area contributed by atoms with Crippen LogP contribution in [-0.4, -0.2) is 59.0 Å². The fraction of sp³-hybridized carbons (Fsp3) is 0.615. The van der Waals surface area contributed by atoms with Crippen molar-refractivity contribution in [2.24, 2.45) is 0 Å². The number of aromatic nitrogens is 2. The average Bonchev–Trinajstić information content (AvgIpc) is 2.76. The summed E-state index contributed by atoms with van der Waals surface area (Å²) in [6, 6.07) is 1.44. The summed E-state index contributed by atoms with van der Waals surface area (Å²) in [7, 11) is -3.00. The minimum absolute atomic E-state index is 0.0607. The Kier molecular flexibility index (Phi) is 5.28. The predicted octanol–water partition coefficient (Wildman–Crippen LogP) is 0.495. The third-order valence-corrected chi connectivity index (χ3v) is 6.07. The quantitative estimate of drug-likeness (QED) is 0.612. The van der Waals surface area contributed by atoms with Gasteiger partial charge in [-0.25, -0.2) is 18.4 Å². The van der Waals surface area contributed by atoms with Crippen LogP contribution in [0.1, 0.15) is 19.0 Å². The molecule has 0 aromatic carbocycles. The van der Waals surface area contributed by atoms with Gasteiger partial charge in [-0.05, 0) is 20.3 Å². The van der Waals surface area contributed by atoms with Crippen molar-refractivity contribution in [1.82, 2.24) is 14.9 Å².